The molecule has 0 aliphatic heterocycles. The van der Waals surface area contributed by atoms with Crippen LogP contribution in [0, 0.1) is 5.82 Å². The van der Waals surface area contributed by atoms with Crippen molar-refractivity contribution in [1.29, 1.82) is 0 Å². The lowest BCUT2D eigenvalue weighted by Crippen LogP contribution is -2.27. The molecule has 0 radical (unpaired) electrons. The summed E-state index contributed by atoms with van der Waals surface area (Å²) in [6.45, 7) is -0.0967. The molecule has 0 saturated heterocycles. The smallest absolute Gasteiger partial charge is 0.126 e. The van der Waals surface area contributed by atoms with Crippen LogP contribution in [-0.2, 0) is 6.42 Å². The van der Waals surface area contributed by atoms with Crippen LogP contribution in [0.3, 0.4) is 0 Å². The summed E-state index contributed by atoms with van der Waals surface area (Å²) >= 11 is 0. The zero-order valence-electron chi connectivity index (χ0n) is 8.03. The third-order valence-corrected chi connectivity index (χ3v) is 1.97. The highest BCUT2D eigenvalue weighted by Gasteiger charge is 2.08. The third-order valence-electron chi connectivity index (χ3n) is 1.97. The highest BCUT2D eigenvalue weighted by Crippen LogP contribution is 2.20. The summed E-state index contributed by atoms with van der Waals surface area (Å²) in [6.07, 6.45) is 0.472. The fraction of sp³-hybridized carbons (Fsp3) is 0.400. The molecule has 0 bridgehead atoms. The second-order valence-corrected chi connectivity index (χ2v) is 3.10. The van der Waals surface area contributed by atoms with Gasteiger partial charge in [-0.1, -0.05) is 6.07 Å². The number of halogens is 1. The Morgan fingerprint density at radius 3 is 2.86 bits per heavy atom. The molecule has 14 heavy (non-hydrogen) atoms. The van der Waals surface area contributed by atoms with Crippen molar-refractivity contribution in [1.82, 2.24) is 0 Å². The van der Waals surface area contributed by atoms with E-state index in [9.17, 15) is 4.39 Å². The summed E-state index contributed by atoms with van der Waals surface area (Å²) in [5.74, 6) is 0.122. The van der Waals surface area contributed by atoms with Gasteiger partial charge in [-0.15, -0.1) is 0 Å². The predicted octanol–water partition coefficient (Wildman–Crippen LogP) is 0.696. The molecule has 0 fully saturated rings. The number of rotatable bonds is 4. The minimum atomic E-state index is -0.344. The molecule has 1 atom stereocenters. The van der Waals surface area contributed by atoms with E-state index in [1.165, 1.54) is 19.2 Å². The highest BCUT2D eigenvalue weighted by molar-refractivity contribution is 5.34. The quantitative estimate of drug-likeness (QED) is 0.750. The number of aliphatic hydroxyl groups excluding tert-OH is 1. The van der Waals surface area contributed by atoms with Gasteiger partial charge in [0.05, 0.1) is 13.7 Å². The van der Waals surface area contributed by atoms with Crippen molar-refractivity contribution in [3.63, 3.8) is 0 Å². The molecule has 0 aliphatic rings. The van der Waals surface area contributed by atoms with Crippen LogP contribution in [0.1, 0.15) is 5.56 Å². The molecule has 1 unspecified atom stereocenters. The Hall–Kier alpha value is -1.13. The van der Waals surface area contributed by atoms with Crippen LogP contribution in [0.2, 0.25) is 0 Å². The van der Waals surface area contributed by atoms with Crippen LogP contribution in [0.25, 0.3) is 0 Å². The number of hydrogen-bond donors (Lipinski definition) is 2. The number of hydrogen-bond acceptors (Lipinski definition) is 3. The zero-order valence-corrected chi connectivity index (χ0v) is 8.03. The maximum Gasteiger partial charge on any atom is 0.126 e. The van der Waals surface area contributed by atoms with E-state index >= 15 is 0 Å². The molecule has 3 N–H and O–H groups in total. The summed E-state index contributed by atoms with van der Waals surface area (Å²) in [6, 6.07) is 3.93. The second-order valence-electron chi connectivity index (χ2n) is 3.10. The van der Waals surface area contributed by atoms with Crippen LogP contribution in [0.15, 0.2) is 18.2 Å². The van der Waals surface area contributed by atoms with Crippen LogP contribution in [0.4, 0.5) is 4.39 Å². The van der Waals surface area contributed by atoms with Gasteiger partial charge < -0.3 is 15.6 Å². The summed E-state index contributed by atoms with van der Waals surface area (Å²) in [5, 5.41) is 8.77. The molecule has 0 saturated carbocycles. The number of benzene rings is 1. The Bertz CT molecular complexity index is 304. The summed E-state index contributed by atoms with van der Waals surface area (Å²) in [5.41, 5.74) is 6.37. The van der Waals surface area contributed by atoms with Crippen LogP contribution in [0.5, 0.6) is 5.75 Å². The van der Waals surface area contributed by atoms with E-state index in [0.29, 0.717) is 12.2 Å². The summed E-state index contributed by atoms with van der Waals surface area (Å²) in [4.78, 5) is 0. The van der Waals surface area contributed by atoms with E-state index < -0.39 is 0 Å². The first-order valence-corrected chi connectivity index (χ1v) is 4.36. The van der Waals surface area contributed by atoms with Gasteiger partial charge in [-0.3, -0.25) is 0 Å². The van der Waals surface area contributed by atoms with E-state index in [1.807, 2.05) is 0 Å². The highest BCUT2D eigenvalue weighted by atomic mass is 19.1. The van der Waals surface area contributed by atoms with E-state index in [2.05, 4.69) is 0 Å². The minimum absolute atomic E-state index is 0.0967. The number of methoxy groups -OCH3 is 1. The Morgan fingerprint density at radius 2 is 2.29 bits per heavy atom. The third kappa shape index (κ3) is 2.68. The lowest BCUT2D eigenvalue weighted by molar-refractivity contribution is 0.264. The van der Waals surface area contributed by atoms with Crippen molar-refractivity contribution in [3.05, 3.63) is 29.6 Å². The maximum atomic E-state index is 12.8. The molecule has 0 aromatic heterocycles. The van der Waals surface area contributed by atoms with Crippen LogP contribution in [-0.4, -0.2) is 24.9 Å². The van der Waals surface area contributed by atoms with E-state index in [-0.39, 0.29) is 18.5 Å². The van der Waals surface area contributed by atoms with Gasteiger partial charge in [0.25, 0.3) is 0 Å². The van der Waals surface area contributed by atoms with Gasteiger partial charge in [0, 0.05) is 12.1 Å². The average molecular weight is 199 g/mol. The molecule has 78 valence electrons. The summed E-state index contributed by atoms with van der Waals surface area (Å²) in [7, 11) is 1.47. The molecular formula is C10H14FNO2. The van der Waals surface area contributed by atoms with E-state index in [4.69, 9.17) is 15.6 Å². The van der Waals surface area contributed by atoms with Gasteiger partial charge in [-0.2, -0.15) is 0 Å². The van der Waals surface area contributed by atoms with Crippen molar-refractivity contribution < 1.29 is 14.2 Å². The molecule has 0 aliphatic carbocycles. The first kappa shape index (κ1) is 10.9. The average Bonchev–Trinajstić information content (AvgIpc) is 2.20. The lowest BCUT2D eigenvalue weighted by atomic mass is 10.1. The van der Waals surface area contributed by atoms with Crippen molar-refractivity contribution in [2.24, 2.45) is 5.73 Å². The Balaban J connectivity index is 2.85. The van der Waals surface area contributed by atoms with Gasteiger partial charge in [-0.05, 0) is 18.1 Å². The molecule has 1 rings (SSSR count). The van der Waals surface area contributed by atoms with Crippen molar-refractivity contribution in [2.45, 2.75) is 12.5 Å². The molecule has 0 heterocycles. The van der Waals surface area contributed by atoms with Gasteiger partial charge in [0.15, 0.2) is 0 Å². The standard InChI is InChI=1S/C10H14FNO2/c1-14-10-5-8(11)3-2-7(10)4-9(12)6-13/h2-3,5,9,13H,4,6,12H2,1H3. The van der Waals surface area contributed by atoms with E-state index in [0.717, 1.165) is 5.56 Å². The van der Waals surface area contributed by atoms with E-state index in [1.54, 1.807) is 6.07 Å². The molecule has 1 aromatic carbocycles. The fourth-order valence-corrected chi connectivity index (χ4v) is 1.23. The summed E-state index contributed by atoms with van der Waals surface area (Å²) < 4.78 is 17.8. The Kier molecular flexibility index (Phi) is 3.85. The monoisotopic (exact) mass is 199 g/mol. The first-order chi connectivity index (χ1) is 6.67. The van der Waals surface area contributed by atoms with Gasteiger partial charge >= 0.3 is 0 Å². The number of nitrogens with two attached hydrogens (primary N) is 1. The molecule has 0 amide bonds. The number of ether oxygens (including phenoxy) is 1. The second kappa shape index (κ2) is 4.93. The molecular weight excluding hydrogens is 185 g/mol. The predicted molar refractivity (Wildman–Crippen MR) is 51.7 cm³/mol. The number of aliphatic hydroxyl groups is 1. The zero-order chi connectivity index (χ0) is 10.6. The largest absolute Gasteiger partial charge is 0.496 e. The van der Waals surface area contributed by atoms with Crippen molar-refractivity contribution in [2.75, 3.05) is 13.7 Å². The first-order valence-electron chi connectivity index (χ1n) is 4.36. The minimum Gasteiger partial charge on any atom is -0.496 e. The van der Waals surface area contributed by atoms with Gasteiger partial charge in [0.1, 0.15) is 11.6 Å². The topological polar surface area (TPSA) is 55.5 Å². The fourth-order valence-electron chi connectivity index (χ4n) is 1.23. The molecule has 1 aromatic rings. The van der Waals surface area contributed by atoms with Crippen molar-refractivity contribution in [3.8, 4) is 5.75 Å². The normalized spacial score (nSPS) is 12.6. The van der Waals surface area contributed by atoms with Crippen LogP contribution < -0.4 is 10.5 Å². The molecule has 0 spiro atoms. The van der Waals surface area contributed by atoms with Crippen LogP contribution >= 0.6 is 0 Å². The van der Waals surface area contributed by atoms with Gasteiger partial charge in [0.2, 0.25) is 0 Å². The Labute approximate surface area is 82.3 Å². The molecule has 4 heteroatoms. The SMILES string of the molecule is COc1cc(F)ccc1CC(N)CO. The maximum absolute atomic E-state index is 12.8. The lowest BCUT2D eigenvalue weighted by Gasteiger charge is -2.11. The molecule has 3 nitrogen and oxygen atoms in total. The van der Waals surface area contributed by atoms with Gasteiger partial charge in [-0.25, -0.2) is 4.39 Å². The van der Waals surface area contributed by atoms with Crippen molar-refractivity contribution >= 4 is 0 Å². The Morgan fingerprint density at radius 1 is 1.57 bits per heavy atom.